The fourth-order valence-electron chi connectivity index (χ4n) is 2.43. The van der Waals surface area contributed by atoms with Crippen LogP contribution in [0.2, 0.25) is 0 Å². The molecule has 2 rings (SSSR count). The molecule has 0 radical (unpaired) electrons. The van der Waals surface area contributed by atoms with Crippen molar-refractivity contribution in [2.75, 3.05) is 40.0 Å². The van der Waals surface area contributed by atoms with E-state index < -0.39 is 0 Å². The van der Waals surface area contributed by atoms with Crippen LogP contribution in [-0.4, -0.2) is 46.0 Å². The third-order valence-electron chi connectivity index (χ3n) is 3.87. The van der Waals surface area contributed by atoms with Crippen LogP contribution in [0.25, 0.3) is 0 Å². The highest BCUT2D eigenvalue weighted by Crippen LogP contribution is 2.12. The molecule has 0 unspecified atom stereocenters. The lowest BCUT2D eigenvalue weighted by molar-refractivity contribution is 0.146. The summed E-state index contributed by atoms with van der Waals surface area (Å²) in [6.07, 6.45) is 0.896. The highest BCUT2D eigenvalue weighted by molar-refractivity contribution is 5.79. The Morgan fingerprint density at radius 1 is 0.857 bits per heavy atom. The van der Waals surface area contributed by atoms with Crippen molar-refractivity contribution in [3.63, 3.8) is 0 Å². The molecular weight excluding hydrogens is 354 g/mol. The molecule has 2 N–H and O–H groups in total. The molecule has 152 valence electrons. The number of rotatable bonds is 12. The highest BCUT2D eigenvalue weighted by atomic mass is 16.5. The van der Waals surface area contributed by atoms with Gasteiger partial charge in [0.2, 0.25) is 0 Å². The van der Waals surface area contributed by atoms with Gasteiger partial charge in [-0.15, -0.1) is 0 Å². The smallest absolute Gasteiger partial charge is 0.191 e. The van der Waals surface area contributed by atoms with Gasteiger partial charge in [-0.3, -0.25) is 0 Å². The molecule has 0 heterocycles. The molecule has 0 bridgehead atoms. The van der Waals surface area contributed by atoms with E-state index >= 15 is 0 Å². The van der Waals surface area contributed by atoms with Crippen LogP contribution in [0.15, 0.2) is 59.6 Å². The standard InChI is InChI=1S/C22H31N3O3/c1-3-23-22(24-14-7-15-27-20-8-5-4-6-9-20)25-18-19-10-12-21(13-11-19)28-17-16-26-2/h4-6,8-13H,3,7,14-18H2,1-2H3,(H2,23,24,25). The van der Waals surface area contributed by atoms with Crippen molar-refractivity contribution in [2.24, 2.45) is 4.99 Å². The molecular formula is C22H31N3O3. The first-order valence-corrected chi connectivity index (χ1v) is 9.72. The quantitative estimate of drug-likeness (QED) is 0.334. The van der Waals surface area contributed by atoms with Gasteiger partial charge >= 0.3 is 0 Å². The predicted octanol–water partition coefficient (Wildman–Crippen LogP) is 3.24. The molecule has 0 aliphatic rings. The van der Waals surface area contributed by atoms with Crippen LogP contribution in [0.5, 0.6) is 11.5 Å². The molecule has 0 saturated heterocycles. The van der Waals surface area contributed by atoms with Crippen LogP contribution in [0.4, 0.5) is 0 Å². The van der Waals surface area contributed by atoms with E-state index in [9.17, 15) is 0 Å². The summed E-state index contributed by atoms with van der Waals surface area (Å²) in [5.74, 6) is 2.55. The van der Waals surface area contributed by atoms with Gasteiger partial charge in [-0.2, -0.15) is 0 Å². The van der Waals surface area contributed by atoms with Crippen LogP contribution in [0.3, 0.4) is 0 Å². The van der Waals surface area contributed by atoms with Gasteiger partial charge in [0.25, 0.3) is 0 Å². The van der Waals surface area contributed by atoms with Gasteiger partial charge < -0.3 is 24.8 Å². The van der Waals surface area contributed by atoms with Crippen LogP contribution >= 0.6 is 0 Å². The molecule has 0 aliphatic carbocycles. The minimum atomic E-state index is 0.552. The number of hydrogen-bond acceptors (Lipinski definition) is 4. The van der Waals surface area contributed by atoms with Gasteiger partial charge in [0, 0.05) is 20.2 Å². The Labute approximate surface area is 167 Å². The van der Waals surface area contributed by atoms with Crippen LogP contribution in [-0.2, 0) is 11.3 Å². The SMILES string of the molecule is CCNC(=NCc1ccc(OCCOC)cc1)NCCCOc1ccccc1. The van der Waals surface area contributed by atoms with Crippen molar-refractivity contribution in [2.45, 2.75) is 19.9 Å². The molecule has 0 atom stereocenters. The maximum Gasteiger partial charge on any atom is 0.191 e. The zero-order valence-corrected chi connectivity index (χ0v) is 16.8. The number of guanidine groups is 1. The van der Waals surface area contributed by atoms with E-state index in [4.69, 9.17) is 14.2 Å². The lowest BCUT2D eigenvalue weighted by Crippen LogP contribution is -2.38. The average molecular weight is 386 g/mol. The number of methoxy groups -OCH3 is 1. The van der Waals surface area contributed by atoms with Crippen LogP contribution in [0, 0.1) is 0 Å². The van der Waals surface area contributed by atoms with E-state index in [0.29, 0.717) is 26.4 Å². The second kappa shape index (κ2) is 13.4. The van der Waals surface area contributed by atoms with E-state index in [1.165, 1.54) is 0 Å². The number of ether oxygens (including phenoxy) is 3. The second-order valence-electron chi connectivity index (χ2n) is 6.12. The van der Waals surface area contributed by atoms with E-state index in [-0.39, 0.29) is 0 Å². The Morgan fingerprint density at radius 3 is 2.29 bits per heavy atom. The summed E-state index contributed by atoms with van der Waals surface area (Å²) < 4.78 is 16.3. The number of aliphatic imine (C=N–C) groups is 1. The van der Waals surface area contributed by atoms with Gasteiger partial charge in [0.15, 0.2) is 5.96 Å². The molecule has 0 saturated carbocycles. The van der Waals surface area contributed by atoms with E-state index in [1.54, 1.807) is 7.11 Å². The molecule has 0 aliphatic heterocycles. The number of nitrogens with zero attached hydrogens (tertiary/aromatic N) is 1. The Bertz CT molecular complexity index is 675. The minimum absolute atomic E-state index is 0.552. The normalized spacial score (nSPS) is 11.1. The Hall–Kier alpha value is -2.73. The molecule has 0 amide bonds. The topological polar surface area (TPSA) is 64.1 Å². The Kier molecular flexibility index (Phi) is 10.4. The van der Waals surface area contributed by atoms with E-state index in [1.807, 2.05) is 54.6 Å². The summed E-state index contributed by atoms with van der Waals surface area (Å²) >= 11 is 0. The summed E-state index contributed by atoms with van der Waals surface area (Å²) in [7, 11) is 1.66. The first-order valence-electron chi connectivity index (χ1n) is 9.72. The van der Waals surface area contributed by atoms with Gasteiger partial charge in [-0.25, -0.2) is 4.99 Å². The van der Waals surface area contributed by atoms with Gasteiger partial charge in [0.05, 0.1) is 19.8 Å². The molecule has 6 heteroatoms. The van der Waals surface area contributed by atoms with E-state index in [0.717, 1.165) is 42.5 Å². The number of benzene rings is 2. The van der Waals surface area contributed by atoms with Gasteiger partial charge in [0.1, 0.15) is 18.1 Å². The zero-order valence-electron chi connectivity index (χ0n) is 16.8. The maximum absolute atomic E-state index is 5.70. The van der Waals surface area contributed by atoms with Crippen molar-refractivity contribution in [3.05, 3.63) is 60.2 Å². The monoisotopic (exact) mass is 385 g/mol. The Balaban J connectivity index is 1.71. The summed E-state index contributed by atoms with van der Waals surface area (Å²) in [5.41, 5.74) is 1.13. The van der Waals surface area contributed by atoms with Crippen LogP contribution < -0.4 is 20.1 Å². The maximum atomic E-state index is 5.70. The molecule has 6 nitrogen and oxygen atoms in total. The molecule has 0 fully saturated rings. The third kappa shape index (κ3) is 8.77. The molecule has 2 aromatic carbocycles. The summed E-state index contributed by atoms with van der Waals surface area (Å²) in [5, 5.41) is 6.61. The van der Waals surface area contributed by atoms with Crippen molar-refractivity contribution in [1.82, 2.24) is 10.6 Å². The Morgan fingerprint density at radius 2 is 1.57 bits per heavy atom. The second-order valence-corrected chi connectivity index (χ2v) is 6.12. The predicted molar refractivity (Wildman–Crippen MR) is 113 cm³/mol. The van der Waals surface area contributed by atoms with Crippen LogP contribution in [0.1, 0.15) is 18.9 Å². The summed E-state index contributed by atoms with van der Waals surface area (Å²) in [6, 6.07) is 17.8. The fourth-order valence-corrected chi connectivity index (χ4v) is 2.43. The summed E-state index contributed by atoms with van der Waals surface area (Å²) in [6.45, 7) is 6.08. The molecule has 0 aromatic heterocycles. The van der Waals surface area contributed by atoms with Gasteiger partial charge in [-0.05, 0) is 43.2 Å². The number of nitrogens with one attached hydrogen (secondary N) is 2. The van der Waals surface area contributed by atoms with Crippen molar-refractivity contribution >= 4 is 5.96 Å². The average Bonchev–Trinajstić information content (AvgIpc) is 2.73. The highest BCUT2D eigenvalue weighted by Gasteiger charge is 1.99. The lowest BCUT2D eigenvalue weighted by atomic mass is 10.2. The third-order valence-corrected chi connectivity index (χ3v) is 3.87. The van der Waals surface area contributed by atoms with Crippen molar-refractivity contribution in [1.29, 1.82) is 0 Å². The molecule has 28 heavy (non-hydrogen) atoms. The zero-order chi connectivity index (χ0) is 19.9. The lowest BCUT2D eigenvalue weighted by Gasteiger charge is -2.12. The first kappa shape index (κ1) is 21.6. The van der Waals surface area contributed by atoms with Crippen molar-refractivity contribution in [3.8, 4) is 11.5 Å². The van der Waals surface area contributed by atoms with E-state index in [2.05, 4.69) is 22.5 Å². The summed E-state index contributed by atoms with van der Waals surface area (Å²) in [4.78, 5) is 4.64. The first-order chi connectivity index (χ1) is 13.8. The van der Waals surface area contributed by atoms with Gasteiger partial charge in [-0.1, -0.05) is 30.3 Å². The largest absolute Gasteiger partial charge is 0.494 e. The minimum Gasteiger partial charge on any atom is -0.494 e. The fraction of sp³-hybridized carbons (Fsp3) is 0.409. The molecule has 2 aromatic rings. The number of hydrogen-bond donors (Lipinski definition) is 2. The number of para-hydroxylation sites is 1. The molecule has 0 spiro atoms. The van der Waals surface area contributed by atoms with Crippen molar-refractivity contribution < 1.29 is 14.2 Å².